The molecule has 0 aliphatic carbocycles. The van der Waals surface area contributed by atoms with Crippen molar-refractivity contribution in [3.8, 4) is 0 Å². The molecule has 0 aliphatic rings. The zero-order valence-corrected chi connectivity index (χ0v) is 9.90. The van der Waals surface area contributed by atoms with Crippen LogP contribution in [0.4, 0.5) is 4.39 Å². The molecule has 0 fully saturated rings. The minimum atomic E-state index is -0.161. The van der Waals surface area contributed by atoms with Gasteiger partial charge in [0.05, 0.1) is 0 Å². The van der Waals surface area contributed by atoms with Gasteiger partial charge in [-0.15, -0.1) is 0 Å². The van der Waals surface area contributed by atoms with Crippen molar-refractivity contribution in [2.75, 3.05) is 0 Å². The first-order valence-corrected chi connectivity index (χ1v) is 6.84. The van der Waals surface area contributed by atoms with E-state index in [0.717, 1.165) is 5.32 Å². The number of hydrogen-bond donors (Lipinski definition) is 0. The summed E-state index contributed by atoms with van der Waals surface area (Å²) >= 11 is 0.444. The van der Waals surface area contributed by atoms with Crippen molar-refractivity contribution in [2.24, 2.45) is 0 Å². The Morgan fingerprint density at radius 3 is 2.20 bits per heavy atom. The van der Waals surface area contributed by atoms with Crippen LogP contribution in [-0.4, -0.2) is 15.0 Å². The van der Waals surface area contributed by atoms with Gasteiger partial charge in [0.15, 0.2) is 0 Å². The van der Waals surface area contributed by atoms with Crippen molar-refractivity contribution in [1.82, 2.24) is 0 Å². The summed E-state index contributed by atoms with van der Waals surface area (Å²) in [6, 6.07) is 17.2. The Morgan fingerprint density at radius 2 is 1.53 bits per heavy atom. The summed E-state index contributed by atoms with van der Waals surface area (Å²) in [7, 11) is 0. The minimum absolute atomic E-state index is 0.161. The predicted molar refractivity (Wildman–Crippen MR) is 61.9 cm³/mol. The Labute approximate surface area is 95.3 Å². The molecule has 0 N–H and O–H groups in total. The topological polar surface area (TPSA) is 0 Å². The van der Waals surface area contributed by atoms with E-state index in [4.69, 9.17) is 0 Å². The van der Waals surface area contributed by atoms with Crippen LogP contribution >= 0.6 is 0 Å². The molecule has 0 aromatic heterocycles. The van der Waals surface area contributed by atoms with Gasteiger partial charge in [-0.2, -0.15) is 0 Å². The normalized spacial score (nSPS) is 10.2. The van der Waals surface area contributed by atoms with E-state index in [-0.39, 0.29) is 5.82 Å². The molecule has 0 saturated carbocycles. The molecular formula is C13H11FSe. The van der Waals surface area contributed by atoms with Gasteiger partial charge >= 0.3 is 95.1 Å². The SMILES string of the molecule is Fc1ccc(C[Se]c2ccccc2)cc1. The molecule has 0 unspecified atom stereocenters. The quantitative estimate of drug-likeness (QED) is 0.747. The third kappa shape index (κ3) is 3.19. The summed E-state index contributed by atoms with van der Waals surface area (Å²) in [6.07, 6.45) is 0. The van der Waals surface area contributed by atoms with E-state index in [0.29, 0.717) is 15.0 Å². The number of hydrogen-bond acceptors (Lipinski definition) is 0. The number of halogens is 1. The van der Waals surface area contributed by atoms with E-state index in [9.17, 15) is 4.39 Å². The van der Waals surface area contributed by atoms with E-state index in [1.54, 1.807) is 0 Å². The summed E-state index contributed by atoms with van der Waals surface area (Å²) < 4.78 is 14.0. The van der Waals surface area contributed by atoms with Crippen molar-refractivity contribution in [3.63, 3.8) is 0 Å². The van der Waals surface area contributed by atoms with E-state index in [1.165, 1.54) is 22.2 Å². The van der Waals surface area contributed by atoms with Crippen LogP contribution in [0.25, 0.3) is 0 Å². The second kappa shape index (κ2) is 5.11. The molecule has 0 spiro atoms. The zero-order valence-electron chi connectivity index (χ0n) is 8.19. The van der Waals surface area contributed by atoms with Crippen molar-refractivity contribution < 1.29 is 4.39 Å². The van der Waals surface area contributed by atoms with Crippen molar-refractivity contribution in [2.45, 2.75) is 5.32 Å². The molecule has 0 atom stereocenters. The molecular weight excluding hydrogens is 254 g/mol. The molecule has 0 nitrogen and oxygen atoms in total. The third-order valence-electron chi connectivity index (χ3n) is 2.06. The van der Waals surface area contributed by atoms with Gasteiger partial charge < -0.3 is 0 Å². The van der Waals surface area contributed by atoms with Crippen LogP contribution in [0, 0.1) is 5.82 Å². The van der Waals surface area contributed by atoms with E-state index >= 15 is 0 Å². The van der Waals surface area contributed by atoms with Gasteiger partial charge in [0.25, 0.3) is 0 Å². The molecule has 0 heterocycles. The van der Waals surface area contributed by atoms with Crippen LogP contribution in [0.3, 0.4) is 0 Å². The van der Waals surface area contributed by atoms with Gasteiger partial charge in [-0.3, -0.25) is 0 Å². The first-order valence-electron chi connectivity index (χ1n) is 4.77. The van der Waals surface area contributed by atoms with Crippen LogP contribution in [0.15, 0.2) is 54.6 Å². The van der Waals surface area contributed by atoms with Crippen LogP contribution in [0.1, 0.15) is 5.56 Å². The summed E-state index contributed by atoms with van der Waals surface area (Å²) in [4.78, 5) is 0. The standard InChI is InChI=1S/C13H11FSe/c14-12-8-6-11(7-9-12)10-15-13-4-2-1-3-5-13/h1-9H,10H2. The van der Waals surface area contributed by atoms with E-state index < -0.39 is 0 Å². The van der Waals surface area contributed by atoms with Crippen molar-refractivity contribution in [3.05, 3.63) is 66.0 Å². The van der Waals surface area contributed by atoms with Gasteiger partial charge in [0.2, 0.25) is 0 Å². The number of rotatable bonds is 3. The molecule has 2 aromatic carbocycles. The molecule has 2 heteroatoms. The fourth-order valence-electron chi connectivity index (χ4n) is 1.26. The van der Waals surface area contributed by atoms with Gasteiger partial charge in [-0.05, 0) is 0 Å². The maximum absolute atomic E-state index is 12.7. The molecule has 15 heavy (non-hydrogen) atoms. The summed E-state index contributed by atoms with van der Waals surface area (Å²) in [5, 5.41) is 1.03. The predicted octanol–water partition coefficient (Wildman–Crippen LogP) is 2.36. The summed E-state index contributed by atoms with van der Waals surface area (Å²) in [6.45, 7) is 0. The molecule has 2 rings (SSSR count). The Bertz CT molecular complexity index is 408. The molecule has 0 bridgehead atoms. The first-order chi connectivity index (χ1) is 7.34. The van der Waals surface area contributed by atoms with E-state index in [1.807, 2.05) is 18.2 Å². The van der Waals surface area contributed by atoms with Gasteiger partial charge in [-0.25, -0.2) is 0 Å². The Morgan fingerprint density at radius 1 is 0.867 bits per heavy atom. The molecule has 0 radical (unpaired) electrons. The molecule has 76 valence electrons. The first kappa shape index (κ1) is 10.4. The summed E-state index contributed by atoms with van der Waals surface area (Å²) in [5.74, 6) is -0.161. The molecule has 2 aromatic rings. The van der Waals surface area contributed by atoms with Crippen molar-refractivity contribution in [1.29, 1.82) is 0 Å². The Kier molecular flexibility index (Phi) is 3.54. The maximum atomic E-state index is 12.7. The second-order valence-electron chi connectivity index (χ2n) is 3.23. The molecule has 0 saturated heterocycles. The average Bonchev–Trinajstić information content (AvgIpc) is 2.30. The fourth-order valence-corrected chi connectivity index (χ4v) is 3.10. The second-order valence-corrected chi connectivity index (χ2v) is 5.43. The summed E-state index contributed by atoms with van der Waals surface area (Å²) in [5.41, 5.74) is 1.21. The van der Waals surface area contributed by atoms with Gasteiger partial charge in [-0.1, -0.05) is 0 Å². The van der Waals surface area contributed by atoms with Crippen LogP contribution in [0.5, 0.6) is 0 Å². The average molecular weight is 265 g/mol. The van der Waals surface area contributed by atoms with Crippen molar-refractivity contribution >= 4 is 19.4 Å². The van der Waals surface area contributed by atoms with Crippen LogP contribution in [-0.2, 0) is 5.32 Å². The third-order valence-corrected chi connectivity index (χ3v) is 4.33. The van der Waals surface area contributed by atoms with Gasteiger partial charge in [0, 0.05) is 0 Å². The van der Waals surface area contributed by atoms with Crippen LogP contribution in [0.2, 0.25) is 0 Å². The monoisotopic (exact) mass is 266 g/mol. The van der Waals surface area contributed by atoms with Crippen LogP contribution < -0.4 is 4.46 Å². The zero-order chi connectivity index (χ0) is 10.5. The molecule has 0 amide bonds. The fraction of sp³-hybridized carbons (Fsp3) is 0.0769. The number of benzene rings is 2. The Hall–Kier alpha value is -1.11. The van der Waals surface area contributed by atoms with E-state index in [2.05, 4.69) is 24.3 Å². The van der Waals surface area contributed by atoms with Gasteiger partial charge in [0.1, 0.15) is 0 Å². The Balaban J connectivity index is 1.96. The molecule has 0 aliphatic heterocycles.